The molecule has 12 heteroatoms. The molecule has 0 bridgehead atoms. The Balaban J connectivity index is 2.63. The van der Waals surface area contributed by atoms with Crippen molar-refractivity contribution in [3.05, 3.63) is 88.5 Å². The van der Waals surface area contributed by atoms with E-state index >= 15 is 0 Å². The highest BCUT2D eigenvalue weighted by molar-refractivity contribution is 7.85. The number of rotatable bonds is 3. The lowest BCUT2D eigenvalue weighted by Gasteiger charge is -2.23. The standard InChI is InChI=1S/C18H5F10OP/c19-7-9(21)13(25)17(14(26)10(7)22)30(29,6-4-2-1-3-5-6)18-15(27)11(23)8(20)12(24)16(18)28/h1-5H. The van der Waals surface area contributed by atoms with E-state index in [1.54, 1.807) is 0 Å². The first-order valence-corrected chi connectivity index (χ1v) is 9.36. The van der Waals surface area contributed by atoms with Gasteiger partial charge in [-0.2, -0.15) is 0 Å². The topological polar surface area (TPSA) is 17.1 Å². The van der Waals surface area contributed by atoms with Crippen LogP contribution in [0.5, 0.6) is 0 Å². The van der Waals surface area contributed by atoms with E-state index in [4.69, 9.17) is 0 Å². The molecule has 3 rings (SSSR count). The predicted octanol–water partition coefficient (Wildman–Crippen LogP) is 4.72. The fraction of sp³-hybridized carbons (Fsp3) is 0. The molecule has 0 aliphatic heterocycles. The van der Waals surface area contributed by atoms with Crippen LogP contribution in [0.1, 0.15) is 0 Å². The SMILES string of the molecule is O=P(c1ccccc1)(c1c(F)c(F)c(F)c(F)c1F)c1c(F)c(F)c(F)c(F)c1F. The second-order valence-corrected chi connectivity index (χ2v) is 8.41. The number of hydrogen-bond acceptors (Lipinski definition) is 1. The zero-order valence-corrected chi connectivity index (χ0v) is 14.9. The smallest absolute Gasteiger partial charge is 0.200 e. The molecule has 0 aliphatic carbocycles. The Bertz CT molecular complexity index is 1090. The summed E-state index contributed by atoms with van der Waals surface area (Å²) in [6.07, 6.45) is 0. The summed E-state index contributed by atoms with van der Waals surface area (Å²) in [7, 11) is -5.87. The minimum atomic E-state index is -5.87. The summed E-state index contributed by atoms with van der Waals surface area (Å²) >= 11 is 0. The van der Waals surface area contributed by atoms with Gasteiger partial charge in [0.05, 0.1) is 10.6 Å². The first-order chi connectivity index (χ1) is 14.0. The van der Waals surface area contributed by atoms with Gasteiger partial charge in [0, 0.05) is 5.30 Å². The molecule has 0 aliphatic rings. The second kappa shape index (κ2) is 7.46. The molecule has 0 spiro atoms. The van der Waals surface area contributed by atoms with Crippen molar-refractivity contribution >= 4 is 23.1 Å². The van der Waals surface area contributed by atoms with Gasteiger partial charge in [0.25, 0.3) is 0 Å². The fourth-order valence-corrected chi connectivity index (χ4v) is 5.58. The average molecular weight is 458 g/mol. The average Bonchev–Trinajstić information content (AvgIpc) is 2.74. The third-order valence-electron chi connectivity index (χ3n) is 4.12. The zero-order valence-electron chi connectivity index (χ0n) is 14.0. The van der Waals surface area contributed by atoms with E-state index in [1.807, 2.05) is 0 Å². The van der Waals surface area contributed by atoms with Crippen LogP contribution in [0.2, 0.25) is 0 Å². The fourth-order valence-electron chi connectivity index (χ4n) is 2.75. The Morgan fingerprint density at radius 1 is 0.433 bits per heavy atom. The molecule has 0 radical (unpaired) electrons. The van der Waals surface area contributed by atoms with Gasteiger partial charge < -0.3 is 4.57 Å². The highest BCUT2D eigenvalue weighted by atomic mass is 31.2. The van der Waals surface area contributed by atoms with Crippen LogP contribution in [0.3, 0.4) is 0 Å². The van der Waals surface area contributed by atoms with Crippen LogP contribution in [0.15, 0.2) is 30.3 Å². The van der Waals surface area contributed by atoms with Crippen molar-refractivity contribution in [2.24, 2.45) is 0 Å². The van der Waals surface area contributed by atoms with Crippen LogP contribution in [0, 0.1) is 58.2 Å². The van der Waals surface area contributed by atoms with E-state index in [9.17, 15) is 48.5 Å². The number of halogens is 10. The molecule has 0 saturated carbocycles. The molecule has 3 aromatic rings. The Labute approximate surface area is 160 Å². The van der Waals surface area contributed by atoms with Gasteiger partial charge in [-0.1, -0.05) is 30.3 Å². The maximum atomic E-state index is 14.4. The molecule has 0 N–H and O–H groups in total. The Morgan fingerprint density at radius 3 is 1.00 bits per heavy atom. The van der Waals surface area contributed by atoms with Crippen LogP contribution < -0.4 is 15.9 Å². The highest BCUT2D eigenvalue weighted by Crippen LogP contribution is 2.47. The van der Waals surface area contributed by atoms with Gasteiger partial charge in [0.1, 0.15) is 0 Å². The quantitative estimate of drug-likeness (QED) is 0.241. The number of benzene rings is 3. The third-order valence-corrected chi connectivity index (χ3v) is 7.19. The lowest BCUT2D eigenvalue weighted by Crippen LogP contribution is -2.36. The lowest BCUT2D eigenvalue weighted by molar-refractivity contribution is 0.381. The molecule has 0 atom stereocenters. The van der Waals surface area contributed by atoms with Crippen LogP contribution in [0.4, 0.5) is 43.9 Å². The monoisotopic (exact) mass is 458 g/mol. The van der Waals surface area contributed by atoms with E-state index in [-0.39, 0.29) is 0 Å². The van der Waals surface area contributed by atoms with Gasteiger partial charge >= 0.3 is 0 Å². The third kappa shape index (κ3) is 2.91. The maximum Gasteiger partial charge on any atom is 0.200 e. The molecule has 158 valence electrons. The highest BCUT2D eigenvalue weighted by Gasteiger charge is 2.46. The summed E-state index contributed by atoms with van der Waals surface area (Å²) in [4.78, 5) is 0. The molecule has 0 aromatic heterocycles. The van der Waals surface area contributed by atoms with E-state index in [1.165, 1.54) is 6.07 Å². The van der Waals surface area contributed by atoms with Gasteiger partial charge in [-0.05, 0) is 0 Å². The molecule has 1 nitrogen and oxygen atoms in total. The van der Waals surface area contributed by atoms with Crippen LogP contribution >= 0.6 is 7.14 Å². The van der Waals surface area contributed by atoms with Crippen molar-refractivity contribution < 1.29 is 48.5 Å². The minimum absolute atomic E-state index is 0.705. The van der Waals surface area contributed by atoms with E-state index in [0.717, 1.165) is 12.1 Å². The summed E-state index contributed by atoms with van der Waals surface area (Å²) < 4.78 is 153. The van der Waals surface area contributed by atoms with Gasteiger partial charge in [-0.3, -0.25) is 0 Å². The Kier molecular flexibility index (Phi) is 5.44. The molecule has 3 aromatic carbocycles. The Hall–Kier alpha value is -2.81. The molecule has 0 unspecified atom stereocenters. The molecular formula is C18H5F10OP. The summed E-state index contributed by atoms with van der Waals surface area (Å²) in [5, 5.41) is -5.40. The Morgan fingerprint density at radius 2 is 0.700 bits per heavy atom. The van der Waals surface area contributed by atoms with Crippen LogP contribution in [0.25, 0.3) is 0 Å². The summed E-state index contributed by atoms with van der Waals surface area (Å²) in [6, 6.07) is 4.62. The molecule has 0 amide bonds. The van der Waals surface area contributed by atoms with Crippen LogP contribution in [-0.4, -0.2) is 0 Å². The van der Waals surface area contributed by atoms with E-state index in [0.29, 0.717) is 12.1 Å². The summed E-state index contributed by atoms with van der Waals surface area (Å²) in [6.45, 7) is 0. The van der Waals surface area contributed by atoms with Gasteiger partial charge in [-0.25, -0.2) is 43.9 Å². The molecule has 0 saturated heterocycles. The summed E-state index contributed by atoms with van der Waals surface area (Å²) in [5.41, 5.74) is 0. The van der Waals surface area contributed by atoms with Crippen molar-refractivity contribution in [3.63, 3.8) is 0 Å². The van der Waals surface area contributed by atoms with Crippen molar-refractivity contribution in [1.82, 2.24) is 0 Å². The van der Waals surface area contributed by atoms with E-state index in [2.05, 4.69) is 0 Å². The van der Waals surface area contributed by atoms with Crippen LogP contribution in [-0.2, 0) is 4.57 Å². The first-order valence-electron chi connectivity index (χ1n) is 7.65. The van der Waals surface area contributed by atoms with Crippen molar-refractivity contribution in [2.45, 2.75) is 0 Å². The molecular weight excluding hydrogens is 453 g/mol. The molecule has 30 heavy (non-hydrogen) atoms. The maximum absolute atomic E-state index is 14.4. The lowest BCUT2D eigenvalue weighted by atomic mass is 10.3. The zero-order chi connectivity index (χ0) is 22.5. The first kappa shape index (κ1) is 21.9. The minimum Gasteiger partial charge on any atom is -0.308 e. The molecule has 0 heterocycles. The van der Waals surface area contributed by atoms with E-state index < -0.39 is 81.2 Å². The van der Waals surface area contributed by atoms with Crippen molar-refractivity contribution in [3.8, 4) is 0 Å². The van der Waals surface area contributed by atoms with Crippen molar-refractivity contribution in [2.75, 3.05) is 0 Å². The largest absolute Gasteiger partial charge is 0.308 e. The second-order valence-electron chi connectivity index (χ2n) is 5.78. The van der Waals surface area contributed by atoms with Gasteiger partial charge in [0.2, 0.25) is 11.6 Å². The van der Waals surface area contributed by atoms with Gasteiger partial charge in [-0.15, -0.1) is 0 Å². The summed E-state index contributed by atoms with van der Waals surface area (Å²) in [5.74, 6) is -26.8. The molecule has 0 fully saturated rings. The number of hydrogen-bond donors (Lipinski definition) is 0. The van der Waals surface area contributed by atoms with Gasteiger partial charge in [0.15, 0.2) is 53.7 Å². The predicted molar refractivity (Wildman–Crippen MR) is 85.4 cm³/mol. The van der Waals surface area contributed by atoms with Crippen molar-refractivity contribution in [1.29, 1.82) is 0 Å². The normalized spacial score (nSPS) is 11.8.